The number of carbonyl (C=O) groups is 2. The molecule has 2 rings (SSSR count). The van der Waals surface area contributed by atoms with E-state index >= 15 is 0 Å². The van der Waals surface area contributed by atoms with Gasteiger partial charge in [0.2, 0.25) is 0 Å². The highest BCUT2D eigenvalue weighted by molar-refractivity contribution is 6.35. The van der Waals surface area contributed by atoms with Gasteiger partial charge in [0.15, 0.2) is 0 Å². The van der Waals surface area contributed by atoms with E-state index in [2.05, 4.69) is 10.6 Å². The molecule has 120 valence electrons. The van der Waals surface area contributed by atoms with Crippen LogP contribution >= 0.6 is 11.6 Å². The van der Waals surface area contributed by atoms with Crippen molar-refractivity contribution in [2.45, 2.75) is 12.8 Å². The second-order valence-corrected chi connectivity index (χ2v) is 5.56. The number of hydrogen-bond acceptors (Lipinski definition) is 2. The molecule has 0 aliphatic carbocycles. The molecule has 0 fully saturated rings. The van der Waals surface area contributed by atoms with Crippen LogP contribution in [0.25, 0.3) is 0 Å². The first-order chi connectivity index (χ1) is 11.1. The zero-order valence-electron chi connectivity index (χ0n) is 12.7. The molecule has 0 spiro atoms. The summed E-state index contributed by atoms with van der Waals surface area (Å²) in [5.41, 5.74) is 2.18. The van der Waals surface area contributed by atoms with Crippen molar-refractivity contribution in [1.82, 2.24) is 10.6 Å². The van der Waals surface area contributed by atoms with Crippen LogP contribution in [0.5, 0.6) is 0 Å². The molecule has 0 heterocycles. The maximum absolute atomic E-state index is 11.7. The molecule has 23 heavy (non-hydrogen) atoms. The Labute approximate surface area is 140 Å². The van der Waals surface area contributed by atoms with Crippen molar-refractivity contribution in [3.05, 3.63) is 70.7 Å². The lowest BCUT2D eigenvalue weighted by Gasteiger charge is -2.07. The van der Waals surface area contributed by atoms with Crippen molar-refractivity contribution in [2.24, 2.45) is 0 Å². The summed E-state index contributed by atoms with van der Waals surface area (Å²) in [6.45, 7) is 0.847. The van der Waals surface area contributed by atoms with E-state index < -0.39 is 11.8 Å². The largest absolute Gasteiger partial charge is 0.348 e. The lowest BCUT2D eigenvalue weighted by Crippen LogP contribution is -2.41. The van der Waals surface area contributed by atoms with Gasteiger partial charge < -0.3 is 10.6 Å². The molecule has 5 heteroatoms. The third-order valence-corrected chi connectivity index (χ3v) is 3.61. The zero-order valence-corrected chi connectivity index (χ0v) is 13.5. The van der Waals surface area contributed by atoms with Crippen LogP contribution in [0.4, 0.5) is 0 Å². The van der Waals surface area contributed by atoms with Crippen molar-refractivity contribution < 1.29 is 9.59 Å². The maximum atomic E-state index is 11.7. The first-order valence-electron chi connectivity index (χ1n) is 7.49. The Hall–Kier alpha value is -2.33. The van der Waals surface area contributed by atoms with Crippen molar-refractivity contribution in [2.75, 3.05) is 13.1 Å². The minimum atomic E-state index is -0.605. The van der Waals surface area contributed by atoms with E-state index in [1.165, 1.54) is 0 Å². The van der Waals surface area contributed by atoms with Crippen LogP contribution in [0.15, 0.2) is 54.6 Å². The van der Waals surface area contributed by atoms with Gasteiger partial charge in [-0.2, -0.15) is 0 Å². The predicted molar refractivity (Wildman–Crippen MR) is 91.3 cm³/mol. The molecule has 2 amide bonds. The summed E-state index contributed by atoms with van der Waals surface area (Å²) in [4.78, 5) is 23.4. The monoisotopic (exact) mass is 330 g/mol. The second-order valence-electron chi connectivity index (χ2n) is 5.12. The zero-order chi connectivity index (χ0) is 16.5. The van der Waals surface area contributed by atoms with Crippen LogP contribution in [0.3, 0.4) is 0 Å². The topological polar surface area (TPSA) is 58.2 Å². The quantitative estimate of drug-likeness (QED) is 0.799. The molecule has 0 aliphatic heterocycles. The number of amides is 2. The Morgan fingerprint density at radius 1 is 0.739 bits per heavy atom. The van der Waals surface area contributed by atoms with Gasteiger partial charge in [0.25, 0.3) is 0 Å². The first-order valence-corrected chi connectivity index (χ1v) is 7.87. The number of hydrogen-bond donors (Lipinski definition) is 2. The molecule has 0 aromatic heterocycles. The summed E-state index contributed by atoms with van der Waals surface area (Å²) in [5.74, 6) is -1.20. The van der Waals surface area contributed by atoms with Crippen molar-refractivity contribution >= 4 is 23.4 Å². The Morgan fingerprint density at radius 2 is 1.22 bits per heavy atom. The van der Waals surface area contributed by atoms with Gasteiger partial charge in [-0.25, -0.2) is 0 Å². The Bertz CT molecular complexity index is 642. The summed E-state index contributed by atoms with van der Waals surface area (Å²) >= 11 is 5.81. The third-order valence-electron chi connectivity index (χ3n) is 3.36. The highest BCUT2D eigenvalue weighted by Gasteiger charge is 2.11. The smallest absolute Gasteiger partial charge is 0.309 e. The highest BCUT2D eigenvalue weighted by Crippen LogP contribution is 2.09. The molecule has 0 unspecified atom stereocenters. The Morgan fingerprint density at radius 3 is 1.74 bits per heavy atom. The normalized spacial score (nSPS) is 10.1. The van der Waals surface area contributed by atoms with Crippen LogP contribution in [0.2, 0.25) is 5.02 Å². The van der Waals surface area contributed by atoms with Crippen LogP contribution in [-0.2, 0) is 22.4 Å². The summed E-state index contributed by atoms with van der Waals surface area (Å²) in [6, 6.07) is 17.2. The van der Waals surface area contributed by atoms with Crippen molar-refractivity contribution in [3.63, 3.8) is 0 Å². The fourth-order valence-electron chi connectivity index (χ4n) is 2.10. The Balaban J connectivity index is 1.64. The van der Waals surface area contributed by atoms with Gasteiger partial charge in [-0.15, -0.1) is 0 Å². The van der Waals surface area contributed by atoms with Gasteiger partial charge >= 0.3 is 11.8 Å². The fourth-order valence-corrected chi connectivity index (χ4v) is 2.22. The number of carbonyl (C=O) groups excluding carboxylic acids is 2. The molecule has 2 N–H and O–H groups in total. The van der Waals surface area contributed by atoms with E-state index in [0.29, 0.717) is 31.0 Å². The average molecular weight is 331 g/mol. The van der Waals surface area contributed by atoms with Gasteiger partial charge in [0, 0.05) is 18.1 Å². The van der Waals surface area contributed by atoms with Crippen LogP contribution in [0.1, 0.15) is 11.1 Å². The molecule has 0 atom stereocenters. The second kappa shape index (κ2) is 8.96. The summed E-state index contributed by atoms with van der Waals surface area (Å²) in [6.07, 6.45) is 1.35. The minimum Gasteiger partial charge on any atom is -0.348 e. The van der Waals surface area contributed by atoms with Gasteiger partial charge in [-0.1, -0.05) is 54.1 Å². The van der Waals surface area contributed by atoms with Gasteiger partial charge in [-0.3, -0.25) is 9.59 Å². The first kappa shape index (κ1) is 17.0. The molecule has 0 radical (unpaired) electrons. The Kier molecular flexibility index (Phi) is 6.63. The molecular formula is C18H19ClN2O2. The summed E-state index contributed by atoms with van der Waals surface area (Å²) in [5, 5.41) is 5.91. The summed E-state index contributed by atoms with van der Waals surface area (Å²) < 4.78 is 0. The van der Waals surface area contributed by atoms with E-state index in [1.54, 1.807) is 12.1 Å². The molecule has 2 aromatic rings. The average Bonchev–Trinajstić information content (AvgIpc) is 2.57. The SMILES string of the molecule is O=C(NCCc1ccccc1)C(=O)NCCc1ccc(Cl)cc1. The van der Waals surface area contributed by atoms with Crippen LogP contribution < -0.4 is 10.6 Å². The van der Waals surface area contributed by atoms with Gasteiger partial charge in [0.05, 0.1) is 0 Å². The standard InChI is InChI=1S/C18H19ClN2O2/c19-16-8-6-15(7-9-16)11-13-21-18(23)17(22)20-12-10-14-4-2-1-3-5-14/h1-9H,10-13H2,(H,20,22)(H,21,23). The van der Waals surface area contributed by atoms with E-state index in [9.17, 15) is 9.59 Å². The lowest BCUT2D eigenvalue weighted by atomic mass is 10.1. The molecule has 0 saturated carbocycles. The van der Waals surface area contributed by atoms with E-state index in [1.807, 2.05) is 42.5 Å². The molecule has 0 saturated heterocycles. The molecule has 2 aromatic carbocycles. The molecule has 0 bridgehead atoms. The number of halogens is 1. The number of benzene rings is 2. The minimum absolute atomic E-state index is 0.409. The molecular weight excluding hydrogens is 312 g/mol. The van der Waals surface area contributed by atoms with E-state index in [0.717, 1.165) is 11.1 Å². The predicted octanol–water partition coefficient (Wildman–Crippen LogP) is 2.36. The molecule has 4 nitrogen and oxygen atoms in total. The third kappa shape index (κ3) is 6.12. The van der Waals surface area contributed by atoms with Gasteiger partial charge in [-0.05, 0) is 36.1 Å². The van der Waals surface area contributed by atoms with E-state index in [4.69, 9.17) is 11.6 Å². The van der Waals surface area contributed by atoms with Gasteiger partial charge in [0.1, 0.15) is 0 Å². The molecule has 0 aliphatic rings. The van der Waals surface area contributed by atoms with E-state index in [-0.39, 0.29) is 0 Å². The van der Waals surface area contributed by atoms with Crippen LogP contribution in [0, 0.1) is 0 Å². The van der Waals surface area contributed by atoms with Crippen molar-refractivity contribution in [1.29, 1.82) is 0 Å². The number of nitrogens with one attached hydrogen (secondary N) is 2. The fraction of sp³-hybridized carbons (Fsp3) is 0.222. The number of rotatable bonds is 6. The maximum Gasteiger partial charge on any atom is 0.309 e. The highest BCUT2D eigenvalue weighted by atomic mass is 35.5. The summed E-state index contributed by atoms with van der Waals surface area (Å²) in [7, 11) is 0. The van der Waals surface area contributed by atoms with Crippen LogP contribution in [-0.4, -0.2) is 24.9 Å². The lowest BCUT2D eigenvalue weighted by molar-refractivity contribution is -0.139. The van der Waals surface area contributed by atoms with Crippen molar-refractivity contribution in [3.8, 4) is 0 Å².